The third-order valence-electron chi connectivity index (χ3n) is 2.24. The Hall–Kier alpha value is -2.05. The predicted molar refractivity (Wildman–Crippen MR) is 60.2 cm³/mol. The van der Waals surface area contributed by atoms with E-state index in [2.05, 4.69) is 20.3 Å². The Morgan fingerprint density at radius 1 is 1.82 bits per heavy atom. The second kappa shape index (κ2) is 6.51. The van der Waals surface area contributed by atoms with E-state index in [1.807, 2.05) is 0 Å². The van der Waals surface area contributed by atoms with Crippen molar-refractivity contribution in [3.8, 4) is 0 Å². The number of nitrogens with zero attached hydrogens (tertiary/aromatic N) is 5. The minimum Gasteiger partial charge on any atom is -0.480 e. The van der Waals surface area contributed by atoms with Crippen LogP contribution in [0, 0.1) is 0 Å². The van der Waals surface area contributed by atoms with Gasteiger partial charge in [-0.3, -0.25) is 10.1 Å². The van der Waals surface area contributed by atoms with Crippen LogP contribution in [0.15, 0.2) is 17.6 Å². The highest BCUT2D eigenvalue weighted by atomic mass is 16.4. The van der Waals surface area contributed by atoms with E-state index >= 15 is 0 Å². The van der Waals surface area contributed by atoms with E-state index in [4.69, 9.17) is 10.6 Å². The summed E-state index contributed by atoms with van der Waals surface area (Å²) >= 11 is 0. The second-order valence-electron chi connectivity index (χ2n) is 3.46. The maximum Gasteiger partial charge on any atom is 0.326 e. The van der Waals surface area contributed by atoms with Crippen molar-refractivity contribution in [3.63, 3.8) is 0 Å². The van der Waals surface area contributed by atoms with Gasteiger partial charge in [0.15, 0.2) is 0 Å². The van der Waals surface area contributed by atoms with Gasteiger partial charge < -0.3 is 9.67 Å². The summed E-state index contributed by atoms with van der Waals surface area (Å²) in [5.41, 5.74) is 8.67. The zero-order chi connectivity index (χ0) is 12.7. The Kier molecular flexibility index (Phi) is 4.99. The summed E-state index contributed by atoms with van der Waals surface area (Å²) in [7, 11) is 1.74. The fraction of sp³-hybridized carbons (Fsp3) is 0.556. The highest BCUT2D eigenvalue weighted by molar-refractivity contribution is 5.74. The molecule has 0 spiro atoms. The van der Waals surface area contributed by atoms with Crippen molar-refractivity contribution in [2.45, 2.75) is 12.5 Å². The van der Waals surface area contributed by atoms with Crippen molar-refractivity contribution >= 4 is 5.97 Å². The van der Waals surface area contributed by atoms with Crippen molar-refractivity contribution in [2.75, 3.05) is 13.1 Å². The molecule has 1 heterocycles. The number of hydrogen-bond donors (Lipinski definition) is 2. The summed E-state index contributed by atoms with van der Waals surface area (Å²) in [5, 5.41) is 15.3. The summed E-state index contributed by atoms with van der Waals surface area (Å²) < 4.78 is 1.65. The van der Waals surface area contributed by atoms with Crippen LogP contribution in [0.3, 0.4) is 0 Å². The number of hydrogen-bond acceptors (Lipinski definition) is 4. The normalized spacial score (nSPS) is 11.8. The molecule has 92 valence electrons. The Labute approximate surface area is 97.9 Å². The van der Waals surface area contributed by atoms with Gasteiger partial charge in [-0.15, -0.1) is 0 Å². The summed E-state index contributed by atoms with van der Waals surface area (Å²) in [5.74, 6) is -0.961. The Morgan fingerprint density at radius 2 is 2.59 bits per heavy atom. The van der Waals surface area contributed by atoms with Crippen LogP contribution < -0.4 is 5.32 Å². The number of carboxylic acids is 1. The minimum atomic E-state index is -0.961. The van der Waals surface area contributed by atoms with Gasteiger partial charge in [-0.25, -0.2) is 4.98 Å². The molecule has 0 saturated heterocycles. The number of aromatic nitrogens is 2. The summed E-state index contributed by atoms with van der Waals surface area (Å²) in [6.07, 6.45) is 3.65. The van der Waals surface area contributed by atoms with E-state index in [1.54, 1.807) is 17.9 Å². The lowest BCUT2D eigenvalue weighted by molar-refractivity contribution is -0.139. The molecule has 1 rings (SSSR count). The van der Waals surface area contributed by atoms with Gasteiger partial charge in [-0.05, 0) is 18.5 Å². The van der Waals surface area contributed by atoms with Crippen molar-refractivity contribution in [3.05, 3.63) is 28.7 Å². The number of nitrogens with one attached hydrogen (secondary N) is 1. The Bertz CT molecular complexity index is 423. The van der Waals surface area contributed by atoms with Crippen molar-refractivity contribution in [1.29, 1.82) is 0 Å². The molecule has 1 atom stereocenters. The number of azide groups is 1. The first-order valence-corrected chi connectivity index (χ1v) is 5.10. The lowest BCUT2D eigenvalue weighted by Gasteiger charge is -2.14. The van der Waals surface area contributed by atoms with Crippen LogP contribution in [-0.4, -0.2) is 33.7 Å². The smallest absolute Gasteiger partial charge is 0.326 e. The molecular weight excluding hydrogens is 224 g/mol. The molecule has 0 radical (unpaired) electrons. The number of imidazole rings is 1. The molecule has 1 aromatic rings. The van der Waals surface area contributed by atoms with Gasteiger partial charge in [0.1, 0.15) is 6.04 Å². The lowest BCUT2D eigenvalue weighted by atomic mass is 10.2. The number of carboxylic acid groups (broad SMARTS) is 1. The van der Waals surface area contributed by atoms with Crippen molar-refractivity contribution in [2.24, 2.45) is 12.2 Å². The molecule has 17 heavy (non-hydrogen) atoms. The summed E-state index contributed by atoms with van der Waals surface area (Å²) in [6.45, 7) is 0.808. The topological polar surface area (TPSA) is 116 Å². The van der Waals surface area contributed by atoms with Gasteiger partial charge in [-0.2, -0.15) is 0 Å². The summed E-state index contributed by atoms with van der Waals surface area (Å²) in [4.78, 5) is 17.6. The van der Waals surface area contributed by atoms with E-state index in [9.17, 15) is 4.79 Å². The number of carbonyl (C=O) groups is 1. The van der Waals surface area contributed by atoms with Crippen LogP contribution in [0.1, 0.15) is 18.2 Å². The van der Waals surface area contributed by atoms with Gasteiger partial charge in [0.05, 0.1) is 18.2 Å². The molecule has 0 saturated carbocycles. The summed E-state index contributed by atoms with van der Waals surface area (Å²) in [6, 6.07) is -0.798. The molecule has 8 nitrogen and oxygen atoms in total. The fourth-order valence-corrected chi connectivity index (χ4v) is 1.40. The van der Waals surface area contributed by atoms with E-state index in [0.717, 1.165) is 0 Å². The van der Waals surface area contributed by atoms with Gasteiger partial charge in [0.2, 0.25) is 0 Å². The van der Waals surface area contributed by atoms with E-state index < -0.39 is 12.0 Å². The SMILES string of the molecule is Cn1cncc1C(NCCCN=[N+]=[N-])C(=O)O. The molecule has 8 heteroatoms. The zero-order valence-electron chi connectivity index (χ0n) is 9.44. The number of rotatable bonds is 7. The largest absolute Gasteiger partial charge is 0.480 e. The van der Waals surface area contributed by atoms with Gasteiger partial charge >= 0.3 is 5.97 Å². The maximum absolute atomic E-state index is 11.1. The van der Waals surface area contributed by atoms with Crippen LogP contribution in [0.2, 0.25) is 0 Å². The maximum atomic E-state index is 11.1. The van der Waals surface area contributed by atoms with E-state index in [0.29, 0.717) is 25.2 Å². The van der Waals surface area contributed by atoms with Gasteiger partial charge in [0, 0.05) is 18.5 Å². The number of aliphatic carboxylic acids is 1. The van der Waals surface area contributed by atoms with E-state index in [-0.39, 0.29) is 0 Å². The molecular formula is C9H14N6O2. The first kappa shape index (κ1) is 13.0. The molecule has 1 aromatic heterocycles. The quantitative estimate of drug-likeness (QED) is 0.317. The average molecular weight is 238 g/mol. The number of aryl methyl sites for hydroxylation is 1. The van der Waals surface area contributed by atoms with Gasteiger partial charge in [0.25, 0.3) is 0 Å². The molecule has 0 aromatic carbocycles. The van der Waals surface area contributed by atoms with Crippen LogP contribution in [-0.2, 0) is 11.8 Å². The third-order valence-corrected chi connectivity index (χ3v) is 2.24. The standard InChI is InChI=1S/C9H14N6O2/c1-15-6-11-5-7(15)8(9(16)17)12-3-2-4-13-14-10/h5-6,8,12H,2-4H2,1H3,(H,16,17). The zero-order valence-corrected chi connectivity index (χ0v) is 9.44. The minimum absolute atomic E-state index is 0.348. The molecule has 0 aliphatic heterocycles. The van der Waals surface area contributed by atoms with Crippen LogP contribution in [0.4, 0.5) is 0 Å². The highest BCUT2D eigenvalue weighted by Crippen LogP contribution is 2.11. The highest BCUT2D eigenvalue weighted by Gasteiger charge is 2.21. The molecule has 0 aliphatic carbocycles. The molecule has 2 N–H and O–H groups in total. The first-order valence-electron chi connectivity index (χ1n) is 5.10. The lowest BCUT2D eigenvalue weighted by Crippen LogP contribution is -2.31. The predicted octanol–water partition coefficient (Wildman–Crippen LogP) is 0.836. The van der Waals surface area contributed by atoms with Crippen LogP contribution >= 0.6 is 0 Å². The van der Waals surface area contributed by atoms with Gasteiger partial charge in [-0.1, -0.05) is 5.11 Å². The second-order valence-corrected chi connectivity index (χ2v) is 3.46. The molecule has 0 aliphatic rings. The third kappa shape index (κ3) is 3.78. The van der Waals surface area contributed by atoms with Crippen molar-refractivity contribution < 1.29 is 9.90 Å². The Morgan fingerprint density at radius 3 is 3.12 bits per heavy atom. The molecule has 0 bridgehead atoms. The van der Waals surface area contributed by atoms with Crippen LogP contribution in [0.25, 0.3) is 10.4 Å². The average Bonchev–Trinajstić information content (AvgIpc) is 2.69. The van der Waals surface area contributed by atoms with Crippen molar-refractivity contribution in [1.82, 2.24) is 14.9 Å². The van der Waals surface area contributed by atoms with E-state index in [1.165, 1.54) is 6.20 Å². The first-order chi connectivity index (χ1) is 8.16. The monoisotopic (exact) mass is 238 g/mol. The fourth-order valence-electron chi connectivity index (χ4n) is 1.40. The molecule has 0 amide bonds. The van der Waals surface area contributed by atoms with Crippen LogP contribution in [0.5, 0.6) is 0 Å². The molecule has 1 unspecified atom stereocenters. The Balaban J connectivity index is 2.53. The molecule has 0 fully saturated rings.